The number of carbonyl (C=O) groups excluding carboxylic acids is 4. The van der Waals surface area contributed by atoms with E-state index in [4.69, 9.17) is 14.6 Å². The van der Waals surface area contributed by atoms with Gasteiger partial charge in [0.05, 0.1) is 11.9 Å². The van der Waals surface area contributed by atoms with E-state index in [9.17, 15) is 39.6 Å². The summed E-state index contributed by atoms with van der Waals surface area (Å²) in [7, 11) is 0. The van der Waals surface area contributed by atoms with Gasteiger partial charge in [-0.15, -0.1) is 0 Å². The van der Waals surface area contributed by atoms with Gasteiger partial charge in [0, 0.05) is 31.7 Å². The average molecular weight is 481 g/mol. The number of hydrogen-bond donors (Lipinski definition) is 1. The zero-order valence-electron chi connectivity index (χ0n) is 19.3. The number of carbonyl (C=O) groups is 4. The van der Waals surface area contributed by atoms with Gasteiger partial charge in [0.2, 0.25) is 0 Å². The lowest BCUT2D eigenvalue weighted by Gasteiger charge is -2.50. The van der Waals surface area contributed by atoms with Crippen molar-refractivity contribution < 1.29 is 54.2 Å². The minimum Gasteiger partial charge on any atom is -0.550 e. The fourth-order valence-electron chi connectivity index (χ4n) is 3.97. The molecule has 0 aliphatic carbocycles. The molecule has 1 atom stereocenters. The SMILES string of the molecule is CCN(CC)C(CC)(C(=O)[O-])C1(C)Oc2ccccc2O1.O=C([O-])CC(O)(CC(=O)[O-])C(=O)[O-]. The summed E-state index contributed by atoms with van der Waals surface area (Å²) in [5, 5.41) is 51.0. The second-order valence-corrected chi connectivity index (χ2v) is 7.69. The van der Waals surface area contributed by atoms with Crippen LogP contribution in [0.4, 0.5) is 0 Å². The summed E-state index contributed by atoms with van der Waals surface area (Å²) in [6, 6.07) is 7.22. The summed E-state index contributed by atoms with van der Waals surface area (Å²) < 4.78 is 11.8. The van der Waals surface area contributed by atoms with Crippen LogP contribution in [0.15, 0.2) is 24.3 Å². The van der Waals surface area contributed by atoms with E-state index in [2.05, 4.69) is 0 Å². The highest BCUT2D eigenvalue weighted by Crippen LogP contribution is 2.46. The van der Waals surface area contributed by atoms with Crippen molar-refractivity contribution in [3.05, 3.63) is 24.3 Å². The molecule has 0 saturated heterocycles. The van der Waals surface area contributed by atoms with Crippen LogP contribution in [0.2, 0.25) is 0 Å². The van der Waals surface area contributed by atoms with Crippen molar-refractivity contribution >= 4 is 23.9 Å². The summed E-state index contributed by atoms with van der Waals surface area (Å²) in [5.41, 5.74) is -4.33. The van der Waals surface area contributed by atoms with Gasteiger partial charge < -0.3 is 54.2 Å². The van der Waals surface area contributed by atoms with E-state index in [0.717, 1.165) is 0 Å². The quantitative estimate of drug-likeness (QED) is 0.323. The molecule has 12 heteroatoms. The molecule has 0 spiro atoms. The molecule has 0 saturated carbocycles. The van der Waals surface area contributed by atoms with Crippen LogP contribution < -0.4 is 29.9 Å². The first-order valence-electron chi connectivity index (χ1n) is 10.5. The van der Waals surface area contributed by atoms with Gasteiger partial charge in [0.25, 0.3) is 5.79 Å². The van der Waals surface area contributed by atoms with Crippen LogP contribution in [0.1, 0.15) is 47.0 Å². The zero-order chi connectivity index (χ0) is 26.3. The third-order valence-electron chi connectivity index (χ3n) is 5.62. The van der Waals surface area contributed by atoms with Crippen molar-refractivity contribution in [2.45, 2.75) is 63.9 Å². The Balaban J connectivity index is 0.000000385. The topological polar surface area (TPSA) is 202 Å². The van der Waals surface area contributed by atoms with Crippen LogP contribution in [0.5, 0.6) is 11.5 Å². The highest BCUT2D eigenvalue weighted by molar-refractivity contribution is 5.86. The predicted molar refractivity (Wildman–Crippen MR) is 106 cm³/mol. The van der Waals surface area contributed by atoms with E-state index in [1.165, 1.54) is 0 Å². The Morgan fingerprint density at radius 3 is 1.56 bits per heavy atom. The third kappa shape index (κ3) is 5.75. The molecule has 0 aromatic heterocycles. The second kappa shape index (κ2) is 11.2. The van der Waals surface area contributed by atoms with Crippen LogP contribution in [0, 0.1) is 0 Å². The van der Waals surface area contributed by atoms with E-state index in [0.29, 0.717) is 31.0 Å². The molecular formula is C22H27NO11-4. The molecule has 34 heavy (non-hydrogen) atoms. The van der Waals surface area contributed by atoms with Crippen LogP contribution in [0.3, 0.4) is 0 Å². The Hall–Kier alpha value is -3.38. The summed E-state index contributed by atoms with van der Waals surface area (Å²) >= 11 is 0. The lowest BCUT2D eigenvalue weighted by atomic mass is 9.84. The minimum absolute atomic E-state index is 0.321. The van der Waals surface area contributed by atoms with Crippen LogP contribution >= 0.6 is 0 Å². The van der Waals surface area contributed by atoms with Gasteiger partial charge in [0.15, 0.2) is 11.5 Å². The highest BCUT2D eigenvalue weighted by atomic mass is 16.7. The predicted octanol–water partition coefficient (Wildman–Crippen LogP) is -3.84. The molecule has 1 unspecified atom stereocenters. The fraction of sp³-hybridized carbons (Fsp3) is 0.545. The first kappa shape index (κ1) is 28.7. The summed E-state index contributed by atoms with van der Waals surface area (Å²) in [6.07, 6.45) is -2.39. The van der Waals surface area contributed by atoms with E-state index in [-0.39, 0.29) is 0 Å². The van der Waals surface area contributed by atoms with Gasteiger partial charge in [-0.05, 0) is 31.6 Å². The number of benzene rings is 1. The monoisotopic (exact) mass is 481 g/mol. The van der Waals surface area contributed by atoms with Crippen molar-refractivity contribution in [1.82, 2.24) is 4.90 Å². The number of carboxylic acids is 4. The molecule has 1 aliphatic rings. The number of likely N-dealkylation sites (N-methyl/N-ethyl adjacent to an activating group) is 1. The molecule has 0 bridgehead atoms. The van der Waals surface area contributed by atoms with Crippen molar-refractivity contribution in [2.24, 2.45) is 0 Å². The highest BCUT2D eigenvalue weighted by Gasteiger charge is 2.58. The Labute approximate surface area is 196 Å². The maximum Gasteiger partial charge on any atom is 0.272 e. The van der Waals surface area contributed by atoms with Gasteiger partial charge in [-0.3, -0.25) is 4.90 Å². The van der Waals surface area contributed by atoms with Crippen LogP contribution in [-0.2, 0) is 19.2 Å². The van der Waals surface area contributed by atoms with E-state index in [1.807, 2.05) is 37.8 Å². The minimum atomic E-state index is -2.97. The largest absolute Gasteiger partial charge is 0.550 e. The van der Waals surface area contributed by atoms with Crippen molar-refractivity contribution in [3.8, 4) is 11.5 Å². The normalized spacial score (nSPS) is 15.6. The summed E-state index contributed by atoms with van der Waals surface area (Å²) in [5.74, 6) is -7.36. The molecule has 1 heterocycles. The molecule has 0 fully saturated rings. The maximum absolute atomic E-state index is 12.0. The number of para-hydroxylation sites is 2. The van der Waals surface area contributed by atoms with E-state index in [1.54, 1.807) is 19.1 Å². The molecule has 1 N–H and O–H groups in total. The van der Waals surface area contributed by atoms with Crippen molar-refractivity contribution in [3.63, 3.8) is 0 Å². The molecule has 1 aliphatic heterocycles. The Bertz CT molecular complexity index is 871. The Morgan fingerprint density at radius 1 is 0.882 bits per heavy atom. The standard InChI is InChI=1S/C16H23NO4.C6H8O7/c1-5-16(14(18)19,17(6-2)7-3)15(4)20-12-10-8-9-11-13(12)21-15;7-3(8)1-6(13,5(11)12)2-4(9)10/h8-11H,5-7H2,1-4H3,(H,18,19);13H,1-2H2,(H,7,8)(H,9,10)(H,11,12)/p-4. The third-order valence-corrected chi connectivity index (χ3v) is 5.62. The second-order valence-electron chi connectivity index (χ2n) is 7.69. The lowest BCUT2D eigenvalue weighted by Crippen LogP contribution is -2.73. The number of hydrogen-bond acceptors (Lipinski definition) is 12. The molecule has 0 radical (unpaired) electrons. The first-order chi connectivity index (χ1) is 15.7. The van der Waals surface area contributed by atoms with E-state index < -0.39 is 53.6 Å². The van der Waals surface area contributed by atoms with Crippen LogP contribution in [-0.4, -0.2) is 63.9 Å². The zero-order valence-corrected chi connectivity index (χ0v) is 19.3. The number of aliphatic carboxylic acids is 4. The lowest BCUT2D eigenvalue weighted by molar-refractivity contribution is -0.340. The number of fused-ring (bicyclic) bond motifs is 1. The smallest absolute Gasteiger partial charge is 0.272 e. The van der Waals surface area contributed by atoms with Crippen molar-refractivity contribution in [2.75, 3.05) is 13.1 Å². The molecule has 1 aromatic carbocycles. The summed E-state index contributed by atoms with van der Waals surface area (Å²) in [4.78, 5) is 43.9. The molecule has 0 amide bonds. The van der Waals surface area contributed by atoms with Crippen LogP contribution in [0.25, 0.3) is 0 Å². The molecule has 1 aromatic rings. The fourth-order valence-corrected chi connectivity index (χ4v) is 3.97. The van der Waals surface area contributed by atoms with E-state index >= 15 is 0 Å². The number of carboxylic acid groups (broad SMARTS) is 4. The Kier molecular flexibility index (Phi) is 9.41. The average Bonchev–Trinajstić information content (AvgIpc) is 3.07. The van der Waals surface area contributed by atoms with Gasteiger partial charge >= 0.3 is 0 Å². The van der Waals surface area contributed by atoms with Gasteiger partial charge in [-0.25, -0.2) is 0 Å². The maximum atomic E-state index is 12.0. The van der Waals surface area contributed by atoms with Gasteiger partial charge in [-0.1, -0.05) is 32.9 Å². The molecule has 190 valence electrons. The van der Waals surface area contributed by atoms with Crippen molar-refractivity contribution in [1.29, 1.82) is 0 Å². The molecular weight excluding hydrogens is 454 g/mol. The number of nitrogens with zero attached hydrogens (tertiary/aromatic N) is 1. The summed E-state index contributed by atoms with van der Waals surface area (Å²) in [6.45, 7) is 8.46. The number of aliphatic hydroxyl groups is 1. The van der Waals surface area contributed by atoms with Gasteiger partial charge in [-0.2, -0.15) is 0 Å². The molecule has 2 rings (SSSR count). The first-order valence-corrected chi connectivity index (χ1v) is 10.5. The number of rotatable bonds is 11. The van der Waals surface area contributed by atoms with Gasteiger partial charge in [0.1, 0.15) is 11.1 Å². The number of ether oxygens (including phenoxy) is 2. The Morgan fingerprint density at radius 2 is 1.29 bits per heavy atom. The molecule has 12 nitrogen and oxygen atoms in total.